The SMILES string of the molecule is CCCC(C)NC(=O)COc1c(F)cc(CNC)cc1F. The van der Waals surface area contributed by atoms with E-state index < -0.39 is 29.9 Å². The van der Waals surface area contributed by atoms with E-state index >= 15 is 0 Å². The van der Waals surface area contributed by atoms with Gasteiger partial charge >= 0.3 is 0 Å². The number of halogens is 2. The van der Waals surface area contributed by atoms with Crippen LogP contribution in [0.2, 0.25) is 0 Å². The lowest BCUT2D eigenvalue weighted by atomic mass is 10.2. The third-order valence-corrected chi connectivity index (χ3v) is 2.92. The normalized spacial score (nSPS) is 12.0. The van der Waals surface area contributed by atoms with Gasteiger partial charge < -0.3 is 15.4 Å². The maximum absolute atomic E-state index is 13.7. The van der Waals surface area contributed by atoms with Gasteiger partial charge in [-0.05, 0) is 38.1 Å². The van der Waals surface area contributed by atoms with Gasteiger partial charge in [0.05, 0.1) is 0 Å². The molecular weight excluding hydrogens is 278 g/mol. The molecule has 0 aliphatic rings. The first-order valence-corrected chi connectivity index (χ1v) is 7.02. The standard InChI is InChI=1S/C15H22F2N2O2/c1-4-5-10(2)19-14(20)9-21-15-12(16)6-11(8-18-3)7-13(15)17/h6-7,10,18H,4-5,8-9H2,1-3H3,(H,19,20). The first-order valence-electron chi connectivity index (χ1n) is 7.02. The van der Waals surface area contributed by atoms with Crippen molar-refractivity contribution < 1.29 is 18.3 Å². The van der Waals surface area contributed by atoms with Crippen LogP contribution in [0.3, 0.4) is 0 Å². The number of ether oxygens (including phenoxy) is 1. The van der Waals surface area contributed by atoms with Crippen LogP contribution in [-0.2, 0) is 11.3 Å². The van der Waals surface area contributed by atoms with Crippen molar-refractivity contribution in [3.63, 3.8) is 0 Å². The highest BCUT2D eigenvalue weighted by atomic mass is 19.1. The molecule has 118 valence electrons. The first-order chi connectivity index (χ1) is 9.97. The van der Waals surface area contributed by atoms with Gasteiger partial charge in [0, 0.05) is 12.6 Å². The lowest BCUT2D eigenvalue weighted by Gasteiger charge is -2.14. The van der Waals surface area contributed by atoms with Crippen LogP contribution in [0.25, 0.3) is 0 Å². The van der Waals surface area contributed by atoms with E-state index in [-0.39, 0.29) is 6.04 Å². The van der Waals surface area contributed by atoms with Gasteiger partial charge in [-0.15, -0.1) is 0 Å². The quantitative estimate of drug-likeness (QED) is 0.775. The summed E-state index contributed by atoms with van der Waals surface area (Å²) in [5.74, 6) is -2.54. The Morgan fingerprint density at radius 1 is 1.33 bits per heavy atom. The molecule has 0 saturated carbocycles. The Labute approximate surface area is 123 Å². The Morgan fingerprint density at radius 3 is 2.48 bits per heavy atom. The second kappa shape index (κ2) is 8.56. The molecule has 0 bridgehead atoms. The maximum atomic E-state index is 13.7. The molecule has 0 fully saturated rings. The summed E-state index contributed by atoms with van der Waals surface area (Å²) in [6.45, 7) is 3.82. The molecule has 0 aliphatic carbocycles. The summed E-state index contributed by atoms with van der Waals surface area (Å²) in [5.41, 5.74) is 0.473. The Bertz CT molecular complexity index is 458. The van der Waals surface area contributed by atoms with Gasteiger partial charge in [0.1, 0.15) is 0 Å². The molecule has 1 aromatic carbocycles. The summed E-state index contributed by atoms with van der Waals surface area (Å²) in [4.78, 5) is 11.6. The van der Waals surface area contributed by atoms with Crippen LogP contribution < -0.4 is 15.4 Å². The average Bonchev–Trinajstić information content (AvgIpc) is 2.38. The predicted octanol–water partition coefficient (Wildman–Crippen LogP) is 2.37. The van der Waals surface area contributed by atoms with Crippen molar-refractivity contribution in [1.29, 1.82) is 0 Å². The average molecular weight is 300 g/mol. The zero-order valence-electron chi connectivity index (χ0n) is 12.6. The Kier molecular flexibility index (Phi) is 7.08. The zero-order valence-corrected chi connectivity index (χ0v) is 12.6. The molecule has 1 amide bonds. The smallest absolute Gasteiger partial charge is 0.258 e. The third-order valence-electron chi connectivity index (χ3n) is 2.92. The maximum Gasteiger partial charge on any atom is 0.258 e. The fourth-order valence-corrected chi connectivity index (χ4v) is 2.02. The van der Waals surface area contributed by atoms with Crippen LogP contribution >= 0.6 is 0 Å². The summed E-state index contributed by atoms with van der Waals surface area (Å²) in [6, 6.07) is 2.39. The molecule has 0 heterocycles. The molecule has 0 spiro atoms. The molecule has 0 aromatic heterocycles. The third kappa shape index (κ3) is 5.67. The number of hydrogen-bond donors (Lipinski definition) is 2. The number of hydrogen-bond acceptors (Lipinski definition) is 3. The second-order valence-electron chi connectivity index (χ2n) is 4.96. The number of amides is 1. The van der Waals surface area contributed by atoms with Gasteiger partial charge in [-0.1, -0.05) is 13.3 Å². The summed E-state index contributed by atoms with van der Waals surface area (Å²) < 4.78 is 32.4. The molecule has 1 unspecified atom stereocenters. The number of carbonyl (C=O) groups is 1. The van der Waals surface area contributed by atoms with Crippen LogP contribution in [0.15, 0.2) is 12.1 Å². The van der Waals surface area contributed by atoms with E-state index in [9.17, 15) is 13.6 Å². The molecule has 0 aliphatic heterocycles. The molecule has 6 heteroatoms. The number of nitrogens with one attached hydrogen (secondary N) is 2. The van der Waals surface area contributed by atoms with E-state index in [2.05, 4.69) is 10.6 Å². The van der Waals surface area contributed by atoms with Crippen LogP contribution in [0.1, 0.15) is 32.3 Å². The van der Waals surface area contributed by atoms with Crippen molar-refractivity contribution in [2.24, 2.45) is 0 Å². The largest absolute Gasteiger partial charge is 0.478 e. The molecule has 1 rings (SSSR count). The Balaban J connectivity index is 2.61. The van der Waals surface area contributed by atoms with Gasteiger partial charge in [0.25, 0.3) is 5.91 Å². The van der Waals surface area contributed by atoms with Gasteiger partial charge in [-0.2, -0.15) is 0 Å². The van der Waals surface area contributed by atoms with Gasteiger partial charge in [0.15, 0.2) is 24.0 Å². The predicted molar refractivity (Wildman–Crippen MR) is 77.1 cm³/mol. The van der Waals surface area contributed by atoms with E-state index in [1.54, 1.807) is 7.05 Å². The molecular formula is C15H22F2N2O2. The number of benzene rings is 1. The van der Waals surface area contributed by atoms with E-state index in [4.69, 9.17) is 4.74 Å². The molecule has 1 atom stereocenters. The minimum atomic E-state index is -0.811. The van der Waals surface area contributed by atoms with Crippen molar-refractivity contribution in [2.75, 3.05) is 13.7 Å². The highest BCUT2D eigenvalue weighted by Gasteiger charge is 2.15. The van der Waals surface area contributed by atoms with Crippen molar-refractivity contribution >= 4 is 5.91 Å². The van der Waals surface area contributed by atoms with Crippen LogP contribution in [-0.4, -0.2) is 25.6 Å². The fraction of sp³-hybridized carbons (Fsp3) is 0.533. The van der Waals surface area contributed by atoms with Gasteiger partial charge in [-0.25, -0.2) is 8.78 Å². The minimum absolute atomic E-state index is 0.0128. The molecule has 1 aromatic rings. The molecule has 2 N–H and O–H groups in total. The summed E-state index contributed by atoms with van der Waals surface area (Å²) in [7, 11) is 1.68. The van der Waals surface area contributed by atoms with Crippen molar-refractivity contribution in [1.82, 2.24) is 10.6 Å². The molecule has 21 heavy (non-hydrogen) atoms. The molecule has 0 saturated heterocycles. The topological polar surface area (TPSA) is 50.4 Å². The van der Waals surface area contributed by atoms with E-state index in [0.717, 1.165) is 12.8 Å². The monoisotopic (exact) mass is 300 g/mol. The number of carbonyl (C=O) groups excluding carboxylic acids is 1. The van der Waals surface area contributed by atoms with E-state index in [1.165, 1.54) is 12.1 Å². The molecule has 4 nitrogen and oxygen atoms in total. The van der Waals surface area contributed by atoms with E-state index in [1.807, 2.05) is 13.8 Å². The van der Waals surface area contributed by atoms with Gasteiger partial charge in [-0.3, -0.25) is 4.79 Å². The Hall–Kier alpha value is -1.69. The van der Waals surface area contributed by atoms with Crippen molar-refractivity contribution in [3.8, 4) is 5.75 Å². The van der Waals surface area contributed by atoms with E-state index in [0.29, 0.717) is 12.1 Å². The molecule has 0 radical (unpaired) electrons. The summed E-state index contributed by atoms with van der Waals surface area (Å²) >= 11 is 0. The zero-order chi connectivity index (χ0) is 15.8. The fourth-order valence-electron chi connectivity index (χ4n) is 2.02. The van der Waals surface area contributed by atoms with Crippen molar-refractivity contribution in [2.45, 2.75) is 39.3 Å². The summed E-state index contributed by atoms with van der Waals surface area (Å²) in [6.07, 6.45) is 1.78. The van der Waals surface area contributed by atoms with Crippen LogP contribution in [0.4, 0.5) is 8.78 Å². The highest BCUT2D eigenvalue weighted by Crippen LogP contribution is 2.23. The number of rotatable bonds is 8. The first kappa shape index (κ1) is 17.4. The van der Waals surface area contributed by atoms with Crippen molar-refractivity contribution in [3.05, 3.63) is 29.3 Å². The Morgan fingerprint density at radius 2 is 1.95 bits per heavy atom. The highest BCUT2D eigenvalue weighted by molar-refractivity contribution is 5.77. The minimum Gasteiger partial charge on any atom is -0.478 e. The lowest BCUT2D eigenvalue weighted by molar-refractivity contribution is -0.123. The second-order valence-corrected chi connectivity index (χ2v) is 4.96. The van der Waals surface area contributed by atoms with Crippen LogP contribution in [0.5, 0.6) is 5.75 Å². The van der Waals surface area contributed by atoms with Gasteiger partial charge in [0.2, 0.25) is 0 Å². The van der Waals surface area contributed by atoms with Crippen LogP contribution in [0, 0.1) is 11.6 Å². The summed E-state index contributed by atoms with van der Waals surface area (Å²) in [5, 5.41) is 5.51. The lowest BCUT2D eigenvalue weighted by Crippen LogP contribution is -2.36.